The summed E-state index contributed by atoms with van der Waals surface area (Å²) in [4.78, 5) is 25.8. The van der Waals surface area contributed by atoms with Crippen LogP contribution in [0.25, 0.3) is 0 Å². The second-order valence-electron chi connectivity index (χ2n) is 5.88. The highest BCUT2D eigenvalue weighted by Gasteiger charge is 2.28. The van der Waals surface area contributed by atoms with Crippen LogP contribution < -0.4 is 0 Å². The van der Waals surface area contributed by atoms with Crippen LogP contribution in [-0.4, -0.2) is 36.5 Å². The lowest BCUT2D eigenvalue weighted by Crippen LogP contribution is -2.42. The van der Waals surface area contributed by atoms with Gasteiger partial charge in [-0.3, -0.25) is 9.59 Å². The van der Waals surface area contributed by atoms with Crippen molar-refractivity contribution >= 4 is 11.9 Å². The van der Waals surface area contributed by atoms with Gasteiger partial charge in [-0.05, 0) is 44.2 Å². The van der Waals surface area contributed by atoms with Gasteiger partial charge in [-0.1, -0.05) is 18.2 Å². The first-order valence-corrected chi connectivity index (χ1v) is 8.29. The molecule has 0 aliphatic carbocycles. The normalized spacial score (nSPS) is 17.8. The Kier molecular flexibility index (Phi) is 6.56. The molecule has 1 atom stereocenters. The molecule has 1 aliphatic heterocycles. The summed E-state index contributed by atoms with van der Waals surface area (Å²) < 4.78 is 18.6. The molecular weight excluding hydrogens is 297 g/mol. The van der Waals surface area contributed by atoms with Crippen LogP contribution in [0.1, 0.15) is 38.2 Å². The number of nitrogens with zero attached hydrogens (tertiary/aromatic N) is 1. The predicted octanol–water partition coefficient (Wildman–Crippen LogP) is 2.95. The Bertz CT molecular complexity index is 547. The number of hydrogen-bond donors (Lipinski definition) is 0. The Balaban J connectivity index is 1.79. The van der Waals surface area contributed by atoms with Crippen molar-refractivity contribution in [1.82, 2.24) is 4.90 Å². The summed E-state index contributed by atoms with van der Waals surface area (Å²) in [6.07, 6.45) is 3.14. The Hall–Kier alpha value is -1.91. The van der Waals surface area contributed by atoms with E-state index < -0.39 is 0 Å². The van der Waals surface area contributed by atoms with E-state index in [1.165, 1.54) is 6.07 Å². The number of halogens is 1. The van der Waals surface area contributed by atoms with E-state index in [1.54, 1.807) is 30.0 Å². The van der Waals surface area contributed by atoms with Crippen molar-refractivity contribution in [3.8, 4) is 0 Å². The number of rotatable bonds is 6. The molecule has 1 unspecified atom stereocenters. The Morgan fingerprint density at radius 1 is 1.35 bits per heavy atom. The van der Waals surface area contributed by atoms with Gasteiger partial charge in [-0.25, -0.2) is 4.39 Å². The van der Waals surface area contributed by atoms with Gasteiger partial charge in [0.2, 0.25) is 5.91 Å². The maximum atomic E-state index is 13.5. The molecule has 0 radical (unpaired) electrons. The van der Waals surface area contributed by atoms with E-state index in [-0.39, 0.29) is 23.6 Å². The highest BCUT2D eigenvalue weighted by atomic mass is 19.1. The SMILES string of the molecule is CCOC(=O)C1CCCN(C(=O)CCCc2ccccc2F)C1. The van der Waals surface area contributed by atoms with Crippen molar-refractivity contribution in [2.24, 2.45) is 5.92 Å². The average molecular weight is 321 g/mol. The number of ether oxygens (including phenoxy) is 1. The average Bonchev–Trinajstić information content (AvgIpc) is 2.57. The quantitative estimate of drug-likeness (QED) is 0.757. The van der Waals surface area contributed by atoms with Gasteiger partial charge in [0.15, 0.2) is 0 Å². The Morgan fingerprint density at radius 3 is 2.87 bits per heavy atom. The van der Waals surface area contributed by atoms with E-state index in [0.717, 1.165) is 12.8 Å². The van der Waals surface area contributed by atoms with Gasteiger partial charge in [0, 0.05) is 19.5 Å². The van der Waals surface area contributed by atoms with Crippen molar-refractivity contribution in [3.63, 3.8) is 0 Å². The fourth-order valence-corrected chi connectivity index (χ4v) is 2.95. The van der Waals surface area contributed by atoms with E-state index in [2.05, 4.69) is 0 Å². The number of amides is 1. The minimum Gasteiger partial charge on any atom is -0.466 e. The first kappa shape index (κ1) is 17.4. The predicted molar refractivity (Wildman–Crippen MR) is 85.3 cm³/mol. The standard InChI is InChI=1S/C18H24FNO3/c1-2-23-18(22)15-9-6-12-20(13-15)17(21)11-5-8-14-7-3-4-10-16(14)19/h3-4,7,10,15H,2,5-6,8-9,11-13H2,1H3. The van der Waals surface area contributed by atoms with Crippen LogP contribution in [-0.2, 0) is 20.7 Å². The van der Waals surface area contributed by atoms with Crippen LogP contribution in [0.15, 0.2) is 24.3 Å². The monoisotopic (exact) mass is 321 g/mol. The second kappa shape index (κ2) is 8.65. The minimum atomic E-state index is -0.222. The van der Waals surface area contributed by atoms with E-state index in [0.29, 0.717) is 44.5 Å². The summed E-state index contributed by atoms with van der Waals surface area (Å²) in [5.74, 6) is -0.605. The summed E-state index contributed by atoms with van der Waals surface area (Å²) >= 11 is 0. The van der Waals surface area contributed by atoms with E-state index in [4.69, 9.17) is 4.74 Å². The molecule has 1 amide bonds. The maximum Gasteiger partial charge on any atom is 0.310 e. The lowest BCUT2D eigenvalue weighted by molar-refractivity contribution is -0.151. The van der Waals surface area contributed by atoms with Crippen molar-refractivity contribution < 1.29 is 18.7 Å². The topological polar surface area (TPSA) is 46.6 Å². The van der Waals surface area contributed by atoms with Gasteiger partial charge in [0.25, 0.3) is 0 Å². The smallest absolute Gasteiger partial charge is 0.310 e. The zero-order valence-electron chi connectivity index (χ0n) is 13.6. The molecule has 1 heterocycles. The molecule has 1 aromatic rings. The van der Waals surface area contributed by atoms with Crippen LogP contribution >= 0.6 is 0 Å². The molecule has 1 saturated heterocycles. The zero-order valence-corrected chi connectivity index (χ0v) is 13.6. The first-order chi connectivity index (χ1) is 11.1. The third-order valence-corrected chi connectivity index (χ3v) is 4.19. The van der Waals surface area contributed by atoms with Gasteiger partial charge in [0.05, 0.1) is 12.5 Å². The van der Waals surface area contributed by atoms with E-state index in [1.807, 2.05) is 0 Å². The molecule has 0 spiro atoms. The largest absolute Gasteiger partial charge is 0.466 e. The van der Waals surface area contributed by atoms with E-state index in [9.17, 15) is 14.0 Å². The van der Waals surface area contributed by atoms with Crippen molar-refractivity contribution in [2.75, 3.05) is 19.7 Å². The van der Waals surface area contributed by atoms with Crippen LogP contribution in [0.3, 0.4) is 0 Å². The summed E-state index contributed by atoms with van der Waals surface area (Å²) in [7, 11) is 0. The lowest BCUT2D eigenvalue weighted by Gasteiger charge is -2.31. The molecule has 1 aliphatic rings. The number of benzene rings is 1. The molecule has 4 nitrogen and oxygen atoms in total. The zero-order chi connectivity index (χ0) is 16.7. The number of hydrogen-bond acceptors (Lipinski definition) is 3. The molecule has 0 saturated carbocycles. The minimum absolute atomic E-state index is 0.0373. The Labute approximate surface area is 136 Å². The molecule has 1 aromatic carbocycles. The Morgan fingerprint density at radius 2 is 2.13 bits per heavy atom. The van der Waals surface area contributed by atoms with Crippen molar-refractivity contribution in [1.29, 1.82) is 0 Å². The number of piperidine rings is 1. The van der Waals surface area contributed by atoms with Crippen LogP contribution in [0.4, 0.5) is 4.39 Å². The van der Waals surface area contributed by atoms with Gasteiger partial charge in [0.1, 0.15) is 5.82 Å². The fourth-order valence-electron chi connectivity index (χ4n) is 2.95. The summed E-state index contributed by atoms with van der Waals surface area (Å²) in [5, 5.41) is 0. The third kappa shape index (κ3) is 5.05. The molecule has 0 aromatic heterocycles. The highest BCUT2D eigenvalue weighted by molar-refractivity contribution is 5.78. The summed E-state index contributed by atoms with van der Waals surface area (Å²) in [6, 6.07) is 6.64. The summed E-state index contributed by atoms with van der Waals surface area (Å²) in [5.41, 5.74) is 0.642. The molecule has 2 rings (SSSR count). The second-order valence-corrected chi connectivity index (χ2v) is 5.88. The maximum absolute atomic E-state index is 13.5. The molecule has 1 fully saturated rings. The highest BCUT2D eigenvalue weighted by Crippen LogP contribution is 2.19. The van der Waals surface area contributed by atoms with Gasteiger partial charge in [-0.2, -0.15) is 0 Å². The number of carbonyl (C=O) groups excluding carboxylic acids is 2. The molecule has 126 valence electrons. The molecule has 23 heavy (non-hydrogen) atoms. The lowest BCUT2D eigenvalue weighted by atomic mass is 9.97. The van der Waals surface area contributed by atoms with Gasteiger partial charge in [-0.15, -0.1) is 0 Å². The van der Waals surface area contributed by atoms with Gasteiger partial charge >= 0.3 is 5.97 Å². The summed E-state index contributed by atoms with van der Waals surface area (Å²) in [6.45, 7) is 3.28. The van der Waals surface area contributed by atoms with Crippen LogP contribution in [0.5, 0.6) is 0 Å². The molecular formula is C18H24FNO3. The fraction of sp³-hybridized carbons (Fsp3) is 0.556. The van der Waals surface area contributed by atoms with Crippen molar-refractivity contribution in [3.05, 3.63) is 35.6 Å². The first-order valence-electron chi connectivity index (χ1n) is 8.29. The number of aryl methyl sites for hydroxylation is 1. The molecule has 0 bridgehead atoms. The van der Waals surface area contributed by atoms with Crippen LogP contribution in [0.2, 0.25) is 0 Å². The number of carbonyl (C=O) groups is 2. The molecule has 5 heteroatoms. The number of likely N-dealkylation sites (tertiary alicyclic amines) is 1. The van der Waals surface area contributed by atoms with Crippen molar-refractivity contribution in [2.45, 2.75) is 39.0 Å². The van der Waals surface area contributed by atoms with Gasteiger partial charge < -0.3 is 9.64 Å². The molecule has 0 N–H and O–H groups in total. The van der Waals surface area contributed by atoms with E-state index >= 15 is 0 Å². The number of esters is 1. The third-order valence-electron chi connectivity index (χ3n) is 4.19. The van der Waals surface area contributed by atoms with Crippen LogP contribution in [0, 0.1) is 11.7 Å².